The molecule has 0 atom stereocenters. The summed E-state index contributed by atoms with van der Waals surface area (Å²) in [5.74, 6) is -0.238. The van der Waals surface area contributed by atoms with Gasteiger partial charge in [0.15, 0.2) is 5.78 Å². The second-order valence-corrected chi connectivity index (χ2v) is 3.89. The van der Waals surface area contributed by atoms with Crippen molar-refractivity contribution in [3.63, 3.8) is 0 Å². The monoisotopic (exact) mass is 227 g/mol. The molecule has 0 unspecified atom stereocenters. The van der Waals surface area contributed by atoms with Crippen LogP contribution in [0.5, 0.6) is 0 Å². The minimum atomic E-state index is -0.238. The summed E-state index contributed by atoms with van der Waals surface area (Å²) in [6, 6.07) is 3.39. The Morgan fingerprint density at radius 3 is 2.94 bits per heavy atom. The molecule has 0 amide bonds. The van der Waals surface area contributed by atoms with E-state index < -0.39 is 0 Å². The van der Waals surface area contributed by atoms with E-state index in [0.29, 0.717) is 5.56 Å². The number of pyridine rings is 1. The van der Waals surface area contributed by atoms with Crippen LogP contribution in [0.3, 0.4) is 0 Å². The molecule has 4 nitrogen and oxygen atoms in total. The summed E-state index contributed by atoms with van der Waals surface area (Å²) in [5, 5.41) is 3.15. The van der Waals surface area contributed by atoms with E-state index in [9.17, 15) is 4.79 Å². The van der Waals surface area contributed by atoms with Crippen molar-refractivity contribution < 1.29 is 4.79 Å². The van der Waals surface area contributed by atoms with E-state index in [1.165, 1.54) is 6.20 Å². The van der Waals surface area contributed by atoms with Gasteiger partial charge in [-0.05, 0) is 31.4 Å². The van der Waals surface area contributed by atoms with Gasteiger partial charge in [0.1, 0.15) is 0 Å². The Morgan fingerprint density at radius 2 is 2.35 bits per heavy atom. The number of ketones is 1. The lowest BCUT2D eigenvalue weighted by Crippen LogP contribution is -2.23. The van der Waals surface area contributed by atoms with Crippen LogP contribution >= 0.6 is 0 Å². The van der Waals surface area contributed by atoms with E-state index >= 15 is 0 Å². The highest BCUT2D eigenvalue weighted by atomic mass is 16.1. The van der Waals surface area contributed by atoms with Crippen LogP contribution < -0.4 is 5.32 Å². The SMILES string of the molecule is [C-]#[N+]/C(C(=O)c1cccnc1)=C1\CCCCN1. The molecular weight excluding hydrogens is 214 g/mol. The number of carbonyl (C=O) groups excluding carboxylic acids is 1. The summed E-state index contributed by atoms with van der Waals surface area (Å²) >= 11 is 0. The largest absolute Gasteiger partial charge is 0.397 e. The zero-order chi connectivity index (χ0) is 12.1. The Labute approximate surface area is 100 Å². The highest BCUT2D eigenvalue weighted by molar-refractivity contribution is 6.10. The fourth-order valence-corrected chi connectivity index (χ4v) is 1.85. The molecule has 17 heavy (non-hydrogen) atoms. The van der Waals surface area contributed by atoms with Crippen LogP contribution in [0, 0.1) is 6.57 Å². The normalized spacial score (nSPS) is 17.8. The van der Waals surface area contributed by atoms with E-state index in [1.807, 2.05) is 0 Å². The van der Waals surface area contributed by atoms with Crippen LogP contribution in [0.15, 0.2) is 35.9 Å². The van der Waals surface area contributed by atoms with Crippen molar-refractivity contribution in [2.24, 2.45) is 0 Å². The molecule has 0 bridgehead atoms. The number of carbonyl (C=O) groups is 1. The topological polar surface area (TPSA) is 46.4 Å². The van der Waals surface area contributed by atoms with E-state index in [4.69, 9.17) is 6.57 Å². The van der Waals surface area contributed by atoms with E-state index in [1.54, 1.807) is 18.3 Å². The molecule has 0 radical (unpaired) electrons. The summed E-state index contributed by atoms with van der Waals surface area (Å²) in [4.78, 5) is 19.4. The lowest BCUT2D eigenvalue weighted by molar-refractivity contribution is 0.103. The second kappa shape index (κ2) is 5.26. The van der Waals surface area contributed by atoms with Crippen molar-refractivity contribution in [2.75, 3.05) is 6.54 Å². The fraction of sp³-hybridized carbons (Fsp3) is 0.308. The summed E-state index contributed by atoms with van der Waals surface area (Å²) in [7, 11) is 0. The van der Waals surface area contributed by atoms with Crippen LogP contribution in [0.25, 0.3) is 4.85 Å². The molecule has 1 aromatic heterocycles. The van der Waals surface area contributed by atoms with Gasteiger partial charge in [0.05, 0.1) is 6.57 Å². The standard InChI is InChI=1S/C13H13N3O/c1-14-12(11-6-2-3-8-16-11)13(17)10-5-4-7-15-9-10/h4-5,7,9,16H,2-3,6,8H2/b12-11+. The van der Waals surface area contributed by atoms with Crippen molar-refractivity contribution >= 4 is 5.78 Å². The van der Waals surface area contributed by atoms with Gasteiger partial charge in [0.25, 0.3) is 5.70 Å². The van der Waals surface area contributed by atoms with Gasteiger partial charge in [-0.1, -0.05) is 0 Å². The predicted molar refractivity (Wildman–Crippen MR) is 64.0 cm³/mol. The molecule has 0 spiro atoms. The number of nitrogens with one attached hydrogen (secondary N) is 1. The zero-order valence-electron chi connectivity index (χ0n) is 9.44. The number of allylic oxidation sites excluding steroid dienone is 2. The van der Waals surface area contributed by atoms with Gasteiger partial charge >= 0.3 is 0 Å². The summed E-state index contributed by atoms with van der Waals surface area (Å²) in [6.45, 7) is 8.00. The third-order valence-electron chi connectivity index (χ3n) is 2.73. The first-order valence-corrected chi connectivity index (χ1v) is 5.62. The molecule has 0 saturated carbocycles. The van der Waals surface area contributed by atoms with Gasteiger partial charge in [-0.2, -0.15) is 0 Å². The first kappa shape index (κ1) is 11.3. The van der Waals surface area contributed by atoms with E-state index in [2.05, 4.69) is 15.1 Å². The molecule has 86 valence electrons. The Bertz CT molecular complexity index is 477. The molecular formula is C13H13N3O. The molecule has 1 aromatic rings. The minimum Gasteiger partial charge on any atom is -0.397 e. The smallest absolute Gasteiger partial charge is 0.252 e. The summed E-state index contributed by atoms with van der Waals surface area (Å²) in [5.41, 5.74) is 1.45. The molecule has 0 aliphatic carbocycles. The minimum absolute atomic E-state index is 0.206. The Kier molecular flexibility index (Phi) is 3.51. The number of Topliss-reactive ketones (excluding diaryl/α,β-unsaturated/α-hetero) is 1. The Morgan fingerprint density at radius 1 is 1.47 bits per heavy atom. The molecule has 1 aliphatic rings. The maximum absolute atomic E-state index is 12.1. The zero-order valence-corrected chi connectivity index (χ0v) is 9.44. The number of piperidine rings is 1. The molecule has 4 heteroatoms. The van der Waals surface area contributed by atoms with Crippen LogP contribution in [0.4, 0.5) is 0 Å². The highest BCUT2D eigenvalue weighted by Gasteiger charge is 2.19. The average Bonchev–Trinajstić information content (AvgIpc) is 2.42. The van der Waals surface area contributed by atoms with Crippen LogP contribution in [0.1, 0.15) is 29.6 Å². The molecule has 1 saturated heterocycles. The lowest BCUT2D eigenvalue weighted by atomic mass is 10.0. The van der Waals surface area contributed by atoms with Gasteiger partial charge in [-0.25, -0.2) is 4.85 Å². The molecule has 1 aliphatic heterocycles. The quantitative estimate of drug-likeness (QED) is 0.478. The van der Waals surface area contributed by atoms with Gasteiger partial charge in [0.2, 0.25) is 0 Å². The van der Waals surface area contributed by atoms with Crippen LogP contribution in [-0.2, 0) is 0 Å². The number of nitrogens with zero attached hydrogens (tertiary/aromatic N) is 2. The molecule has 0 aromatic carbocycles. The third kappa shape index (κ3) is 2.51. The molecule has 1 N–H and O–H groups in total. The highest BCUT2D eigenvalue weighted by Crippen LogP contribution is 2.19. The predicted octanol–water partition coefficient (Wildman–Crippen LogP) is 2.17. The Balaban J connectivity index is 2.31. The average molecular weight is 227 g/mol. The van der Waals surface area contributed by atoms with Gasteiger partial charge in [-0.3, -0.25) is 4.98 Å². The van der Waals surface area contributed by atoms with E-state index in [0.717, 1.165) is 31.5 Å². The number of hydrogen-bond acceptors (Lipinski definition) is 3. The molecule has 2 heterocycles. The second-order valence-electron chi connectivity index (χ2n) is 3.89. The first-order chi connectivity index (χ1) is 8.33. The summed E-state index contributed by atoms with van der Waals surface area (Å²) in [6.07, 6.45) is 6.01. The van der Waals surface area contributed by atoms with Crippen LogP contribution in [0.2, 0.25) is 0 Å². The van der Waals surface area contributed by atoms with Gasteiger partial charge in [0, 0.05) is 30.2 Å². The fourth-order valence-electron chi connectivity index (χ4n) is 1.85. The van der Waals surface area contributed by atoms with Crippen molar-refractivity contribution in [1.82, 2.24) is 10.3 Å². The van der Waals surface area contributed by atoms with E-state index in [-0.39, 0.29) is 11.5 Å². The van der Waals surface area contributed by atoms with Crippen molar-refractivity contribution in [2.45, 2.75) is 19.3 Å². The first-order valence-electron chi connectivity index (χ1n) is 5.62. The van der Waals surface area contributed by atoms with Crippen LogP contribution in [-0.4, -0.2) is 17.3 Å². The lowest BCUT2D eigenvalue weighted by Gasteiger charge is -2.18. The Hall–Kier alpha value is -2.15. The maximum Gasteiger partial charge on any atom is 0.252 e. The van der Waals surface area contributed by atoms with Gasteiger partial charge in [-0.15, -0.1) is 0 Å². The maximum atomic E-state index is 12.1. The van der Waals surface area contributed by atoms with Gasteiger partial charge < -0.3 is 10.1 Å². The van der Waals surface area contributed by atoms with Crippen molar-refractivity contribution in [3.05, 3.63) is 52.9 Å². The van der Waals surface area contributed by atoms with Crippen molar-refractivity contribution in [3.8, 4) is 0 Å². The number of rotatable bonds is 2. The molecule has 1 fully saturated rings. The summed E-state index contributed by atoms with van der Waals surface area (Å²) < 4.78 is 0. The number of hydrogen-bond donors (Lipinski definition) is 1. The third-order valence-corrected chi connectivity index (χ3v) is 2.73. The number of aromatic nitrogens is 1. The van der Waals surface area contributed by atoms with Crippen molar-refractivity contribution in [1.29, 1.82) is 0 Å². The molecule has 2 rings (SSSR count).